The van der Waals surface area contributed by atoms with Crippen LogP contribution in [0.4, 0.5) is 0 Å². The predicted octanol–water partition coefficient (Wildman–Crippen LogP) is 5.48. The van der Waals surface area contributed by atoms with E-state index in [2.05, 4.69) is 36.1 Å². The van der Waals surface area contributed by atoms with Gasteiger partial charge in [-0.25, -0.2) is 0 Å². The average Bonchev–Trinajstić information content (AvgIpc) is 3.34. The Morgan fingerprint density at radius 3 is 2.20 bits per heavy atom. The van der Waals surface area contributed by atoms with Crippen LogP contribution in [0.3, 0.4) is 0 Å². The lowest BCUT2D eigenvalue weighted by molar-refractivity contribution is 0.0973. The van der Waals surface area contributed by atoms with Gasteiger partial charge in [0.15, 0.2) is 5.78 Å². The zero-order chi connectivity index (χ0) is 17.5. The summed E-state index contributed by atoms with van der Waals surface area (Å²) in [6.07, 6.45) is 7.58. The van der Waals surface area contributed by atoms with Crippen molar-refractivity contribution in [3.8, 4) is 0 Å². The second kappa shape index (κ2) is 8.96. The van der Waals surface area contributed by atoms with Crippen LogP contribution in [0.5, 0.6) is 0 Å². The van der Waals surface area contributed by atoms with Crippen molar-refractivity contribution in [2.75, 3.05) is 0 Å². The molecular weight excluding hydrogens is 306 g/mol. The second-order valence-corrected chi connectivity index (χ2v) is 7.10. The van der Waals surface area contributed by atoms with E-state index in [0.29, 0.717) is 6.04 Å². The first-order valence-corrected chi connectivity index (χ1v) is 9.70. The average molecular weight is 335 g/mol. The van der Waals surface area contributed by atoms with Gasteiger partial charge < -0.3 is 0 Å². The Balaban J connectivity index is 1.62. The molecule has 0 spiro atoms. The van der Waals surface area contributed by atoms with Crippen LogP contribution in [0.15, 0.2) is 60.7 Å². The quantitative estimate of drug-likeness (QED) is 0.325. The van der Waals surface area contributed by atoms with Crippen LogP contribution in [0.1, 0.15) is 61.4 Å². The van der Waals surface area contributed by atoms with Crippen LogP contribution < -0.4 is 0 Å². The molecule has 3 rings (SSSR count). The van der Waals surface area contributed by atoms with Crippen molar-refractivity contribution in [1.29, 1.82) is 0 Å². The molecule has 1 fully saturated rings. The number of benzene rings is 2. The largest absolute Gasteiger partial charge is 0.292 e. The molecule has 2 heteroatoms. The van der Waals surface area contributed by atoms with E-state index in [4.69, 9.17) is 0 Å². The molecule has 2 nitrogen and oxygen atoms in total. The fourth-order valence-electron chi connectivity index (χ4n) is 3.72. The van der Waals surface area contributed by atoms with Gasteiger partial charge in [-0.15, -0.1) is 0 Å². The first-order chi connectivity index (χ1) is 12.3. The smallest absolute Gasteiger partial charge is 0.181 e. The Labute approximate surface area is 151 Å². The summed E-state index contributed by atoms with van der Waals surface area (Å²) < 4.78 is 0. The minimum atomic E-state index is 0.0637. The monoisotopic (exact) mass is 335 g/mol. The van der Waals surface area contributed by atoms with E-state index in [1.807, 2.05) is 36.4 Å². The van der Waals surface area contributed by atoms with Gasteiger partial charge in [0.2, 0.25) is 0 Å². The Kier molecular flexibility index (Phi) is 6.41. The number of hydrogen-bond donors (Lipinski definition) is 0. The molecule has 0 aromatic heterocycles. The Hall–Kier alpha value is -1.93. The molecule has 1 unspecified atom stereocenters. The van der Waals surface area contributed by atoms with Crippen LogP contribution >= 0.6 is 0 Å². The molecule has 0 bridgehead atoms. The SMILES string of the molecule is CCCCCCC[C@H]1[C@H](C(=O)c2ccccc2)N1Cc1ccccc1. The molecule has 1 heterocycles. The van der Waals surface area contributed by atoms with Gasteiger partial charge in [-0.2, -0.15) is 0 Å². The fourth-order valence-corrected chi connectivity index (χ4v) is 3.72. The number of Topliss-reactive ketones (excluding diaryl/α,β-unsaturated/α-hetero) is 1. The van der Waals surface area contributed by atoms with E-state index >= 15 is 0 Å². The van der Waals surface area contributed by atoms with Crippen LogP contribution in [0, 0.1) is 0 Å². The van der Waals surface area contributed by atoms with Crippen molar-refractivity contribution in [1.82, 2.24) is 4.90 Å². The summed E-state index contributed by atoms with van der Waals surface area (Å²) in [6.45, 7) is 3.13. The number of nitrogens with zero attached hydrogens (tertiary/aromatic N) is 1. The third kappa shape index (κ3) is 4.79. The zero-order valence-corrected chi connectivity index (χ0v) is 15.2. The van der Waals surface area contributed by atoms with E-state index in [-0.39, 0.29) is 11.8 Å². The topological polar surface area (TPSA) is 20.1 Å². The van der Waals surface area contributed by atoms with Crippen molar-refractivity contribution >= 4 is 5.78 Å². The lowest BCUT2D eigenvalue weighted by Crippen LogP contribution is -2.13. The first kappa shape index (κ1) is 17.9. The first-order valence-electron chi connectivity index (χ1n) is 9.70. The van der Waals surface area contributed by atoms with Crippen molar-refractivity contribution in [3.05, 3.63) is 71.8 Å². The Morgan fingerprint density at radius 1 is 0.880 bits per heavy atom. The summed E-state index contributed by atoms with van der Waals surface area (Å²) in [5.74, 6) is 0.287. The highest BCUT2D eigenvalue weighted by atomic mass is 16.1. The standard InChI is InChI=1S/C23H29NO/c1-2-3-4-5-12-17-21-22(23(25)20-15-10-7-11-16-20)24(21)18-19-13-8-6-9-14-19/h6-11,13-16,21-22H,2-5,12,17-18H2,1H3/t21-,22+,24?/m0/s1. The molecule has 0 radical (unpaired) electrons. The molecular formula is C23H29NO. The summed E-state index contributed by atoms with van der Waals surface area (Å²) in [6, 6.07) is 20.7. The van der Waals surface area contributed by atoms with Gasteiger partial charge >= 0.3 is 0 Å². The lowest BCUT2D eigenvalue weighted by Gasteiger charge is -2.04. The number of unbranched alkanes of at least 4 members (excludes halogenated alkanes) is 4. The molecule has 132 valence electrons. The molecule has 0 N–H and O–H groups in total. The number of carbonyl (C=O) groups is 1. The number of carbonyl (C=O) groups excluding carboxylic acids is 1. The predicted molar refractivity (Wildman–Crippen MR) is 104 cm³/mol. The molecule has 2 aromatic carbocycles. The van der Waals surface area contributed by atoms with Gasteiger partial charge in [0.1, 0.15) is 0 Å². The molecule has 0 aliphatic carbocycles. The molecule has 2 aromatic rings. The second-order valence-electron chi connectivity index (χ2n) is 7.10. The van der Waals surface area contributed by atoms with Crippen molar-refractivity contribution in [2.45, 2.75) is 64.1 Å². The third-order valence-corrected chi connectivity index (χ3v) is 5.20. The van der Waals surface area contributed by atoms with Crippen LogP contribution in [-0.4, -0.2) is 22.8 Å². The molecule has 3 atom stereocenters. The summed E-state index contributed by atoms with van der Waals surface area (Å²) in [5, 5.41) is 0. The van der Waals surface area contributed by atoms with Gasteiger partial charge in [-0.1, -0.05) is 99.7 Å². The Bertz CT molecular complexity index is 652. The maximum atomic E-state index is 12.9. The maximum Gasteiger partial charge on any atom is 0.181 e. The van der Waals surface area contributed by atoms with E-state index in [0.717, 1.165) is 18.5 Å². The van der Waals surface area contributed by atoms with Crippen LogP contribution in [0.2, 0.25) is 0 Å². The van der Waals surface area contributed by atoms with Crippen LogP contribution in [-0.2, 0) is 6.54 Å². The summed E-state index contributed by atoms with van der Waals surface area (Å²) >= 11 is 0. The van der Waals surface area contributed by atoms with Crippen LogP contribution in [0.25, 0.3) is 0 Å². The van der Waals surface area contributed by atoms with Gasteiger partial charge in [0.05, 0.1) is 6.04 Å². The van der Waals surface area contributed by atoms with E-state index in [9.17, 15) is 4.79 Å². The van der Waals surface area contributed by atoms with E-state index < -0.39 is 0 Å². The normalized spacial score (nSPS) is 21.9. The third-order valence-electron chi connectivity index (χ3n) is 5.20. The van der Waals surface area contributed by atoms with Gasteiger partial charge in [0.25, 0.3) is 0 Å². The molecule has 0 saturated carbocycles. The van der Waals surface area contributed by atoms with Crippen molar-refractivity contribution in [2.24, 2.45) is 0 Å². The van der Waals surface area contributed by atoms with Crippen molar-refractivity contribution < 1.29 is 4.79 Å². The minimum absolute atomic E-state index is 0.0637. The van der Waals surface area contributed by atoms with Crippen molar-refractivity contribution in [3.63, 3.8) is 0 Å². The highest BCUT2D eigenvalue weighted by Gasteiger charge is 2.51. The summed E-state index contributed by atoms with van der Waals surface area (Å²) in [7, 11) is 0. The molecule has 1 aliphatic heterocycles. The summed E-state index contributed by atoms with van der Waals surface area (Å²) in [4.78, 5) is 15.3. The Morgan fingerprint density at radius 2 is 1.52 bits per heavy atom. The fraction of sp³-hybridized carbons (Fsp3) is 0.435. The number of hydrogen-bond acceptors (Lipinski definition) is 2. The molecule has 1 aliphatic rings. The minimum Gasteiger partial charge on any atom is -0.292 e. The van der Waals surface area contributed by atoms with E-state index in [1.54, 1.807) is 0 Å². The van der Waals surface area contributed by atoms with E-state index in [1.165, 1.54) is 37.7 Å². The zero-order valence-electron chi connectivity index (χ0n) is 15.2. The van der Waals surface area contributed by atoms with Gasteiger partial charge in [-0.3, -0.25) is 9.69 Å². The molecule has 25 heavy (non-hydrogen) atoms. The maximum absolute atomic E-state index is 12.9. The molecule has 1 saturated heterocycles. The number of rotatable bonds is 10. The van der Waals surface area contributed by atoms with Gasteiger partial charge in [0, 0.05) is 18.2 Å². The van der Waals surface area contributed by atoms with Gasteiger partial charge in [-0.05, 0) is 12.0 Å². The number of ketones is 1. The lowest BCUT2D eigenvalue weighted by atomic mass is 10.0. The highest BCUT2D eigenvalue weighted by molar-refractivity contribution is 6.02. The molecule has 0 amide bonds. The highest BCUT2D eigenvalue weighted by Crippen LogP contribution is 2.37. The summed E-state index contributed by atoms with van der Waals surface area (Å²) in [5.41, 5.74) is 2.14.